The lowest BCUT2D eigenvalue weighted by atomic mass is 10.1. The lowest BCUT2D eigenvalue weighted by Crippen LogP contribution is -2.39. The van der Waals surface area contributed by atoms with Gasteiger partial charge in [0.25, 0.3) is 0 Å². The number of nitrogens with one attached hydrogen (secondary N) is 1. The summed E-state index contributed by atoms with van der Waals surface area (Å²) >= 11 is 0. The van der Waals surface area contributed by atoms with E-state index in [2.05, 4.69) is 57.6 Å². The summed E-state index contributed by atoms with van der Waals surface area (Å²) in [6, 6.07) is 18.8. The van der Waals surface area contributed by atoms with Gasteiger partial charge in [0.05, 0.1) is 6.04 Å². The highest BCUT2D eigenvalue weighted by molar-refractivity contribution is 5.95. The summed E-state index contributed by atoms with van der Waals surface area (Å²) in [7, 11) is 0. The first-order chi connectivity index (χ1) is 13.8. The molecule has 4 heteroatoms. The van der Waals surface area contributed by atoms with Gasteiger partial charge in [0.15, 0.2) is 0 Å². The fraction of sp³-hybridized carbons (Fsp3) is 0.458. The number of piperidine rings is 1. The molecule has 2 aromatic rings. The van der Waals surface area contributed by atoms with E-state index in [1.165, 1.54) is 43.5 Å². The molecule has 2 saturated heterocycles. The monoisotopic (exact) mass is 377 g/mol. The molecule has 0 aromatic heterocycles. The first-order valence-corrected chi connectivity index (χ1v) is 10.7. The number of amides is 1. The predicted octanol–water partition coefficient (Wildman–Crippen LogP) is 4.28. The molecule has 2 fully saturated rings. The highest BCUT2D eigenvalue weighted by atomic mass is 16.2. The van der Waals surface area contributed by atoms with Gasteiger partial charge in [0, 0.05) is 18.8 Å². The zero-order valence-corrected chi connectivity index (χ0v) is 16.6. The van der Waals surface area contributed by atoms with Crippen molar-refractivity contribution in [3.8, 4) is 0 Å². The Morgan fingerprint density at radius 1 is 0.857 bits per heavy atom. The molecule has 1 atom stereocenters. The predicted molar refractivity (Wildman–Crippen MR) is 114 cm³/mol. The van der Waals surface area contributed by atoms with Crippen LogP contribution >= 0.6 is 0 Å². The topological polar surface area (TPSA) is 35.6 Å². The molecule has 4 rings (SSSR count). The lowest BCUT2D eigenvalue weighted by Gasteiger charge is -2.26. The van der Waals surface area contributed by atoms with E-state index in [0.29, 0.717) is 0 Å². The van der Waals surface area contributed by atoms with Crippen molar-refractivity contribution in [2.75, 3.05) is 25.0 Å². The number of likely N-dealkylation sites (tertiary alicyclic amines) is 2. The highest BCUT2D eigenvalue weighted by Crippen LogP contribution is 2.22. The minimum atomic E-state index is -0.0362. The van der Waals surface area contributed by atoms with Crippen LogP contribution in [0.2, 0.25) is 0 Å². The molecule has 2 aliphatic rings. The van der Waals surface area contributed by atoms with Gasteiger partial charge < -0.3 is 5.32 Å². The molecule has 2 heterocycles. The second-order valence-electron chi connectivity index (χ2n) is 8.14. The Labute approximate surface area is 168 Å². The van der Waals surface area contributed by atoms with Crippen molar-refractivity contribution in [1.29, 1.82) is 0 Å². The van der Waals surface area contributed by atoms with E-state index in [9.17, 15) is 4.79 Å². The largest absolute Gasteiger partial charge is 0.325 e. The Hall–Kier alpha value is -2.17. The van der Waals surface area contributed by atoms with E-state index in [-0.39, 0.29) is 11.9 Å². The molecule has 4 nitrogen and oxygen atoms in total. The summed E-state index contributed by atoms with van der Waals surface area (Å²) in [5.74, 6) is 0.128. The van der Waals surface area contributed by atoms with Gasteiger partial charge >= 0.3 is 0 Å². The molecular weight excluding hydrogens is 346 g/mol. The molecule has 0 spiro atoms. The van der Waals surface area contributed by atoms with Crippen LogP contribution in [0.25, 0.3) is 0 Å². The normalized spacial score (nSPS) is 20.9. The molecule has 1 amide bonds. The van der Waals surface area contributed by atoms with Crippen molar-refractivity contribution < 1.29 is 4.79 Å². The lowest BCUT2D eigenvalue weighted by molar-refractivity contribution is -0.120. The van der Waals surface area contributed by atoms with Crippen LogP contribution in [0, 0.1) is 0 Å². The second-order valence-corrected chi connectivity index (χ2v) is 8.14. The summed E-state index contributed by atoms with van der Waals surface area (Å²) < 4.78 is 0. The maximum atomic E-state index is 13.0. The summed E-state index contributed by atoms with van der Waals surface area (Å²) in [5, 5.41) is 3.18. The SMILES string of the molecule is O=C(Nc1cccc(CN2CCCCC2)c1)C1CCCN1Cc1ccccc1. The van der Waals surface area contributed by atoms with Crippen molar-refractivity contribution in [3.63, 3.8) is 0 Å². The van der Waals surface area contributed by atoms with Gasteiger partial charge in [-0.15, -0.1) is 0 Å². The maximum absolute atomic E-state index is 13.0. The van der Waals surface area contributed by atoms with Crippen LogP contribution in [0.3, 0.4) is 0 Å². The third-order valence-electron chi connectivity index (χ3n) is 5.94. The third kappa shape index (κ3) is 5.00. The zero-order valence-electron chi connectivity index (χ0n) is 16.6. The van der Waals surface area contributed by atoms with Crippen molar-refractivity contribution in [1.82, 2.24) is 9.80 Å². The molecular formula is C24H31N3O. The molecule has 2 aromatic carbocycles. The van der Waals surface area contributed by atoms with Crippen LogP contribution in [0.5, 0.6) is 0 Å². The molecule has 148 valence electrons. The molecule has 0 aliphatic carbocycles. The summed E-state index contributed by atoms with van der Waals surface area (Å²) in [4.78, 5) is 17.8. The average Bonchev–Trinajstić information content (AvgIpc) is 3.18. The minimum Gasteiger partial charge on any atom is -0.325 e. The Bertz CT molecular complexity index is 770. The Balaban J connectivity index is 1.36. The molecule has 2 aliphatic heterocycles. The van der Waals surface area contributed by atoms with Crippen LogP contribution in [0.4, 0.5) is 5.69 Å². The van der Waals surface area contributed by atoms with E-state index >= 15 is 0 Å². The van der Waals surface area contributed by atoms with Gasteiger partial charge in [-0.3, -0.25) is 14.6 Å². The van der Waals surface area contributed by atoms with Gasteiger partial charge in [-0.1, -0.05) is 48.9 Å². The van der Waals surface area contributed by atoms with Crippen LogP contribution in [-0.2, 0) is 17.9 Å². The van der Waals surface area contributed by atoms with Crippen molar-refractivity contribution >= 4 is 11.6 Å². The van der Waals surface area contributed by atoms with Crippen molar-refractivity contribution in [2.45, 2.75) is 51.2 Å². The Morgan fingerprint density at radius 2 is 1.64 bits per heavy atom. The molecule has 0 saturated carbocycles. The van der Waals surface area contributed by atoms with E-state index in [0.717, 1.165) is 38.2 Å². The zero-order chi connectivity index (χ0) is 19.2. The van der Waals surface area contributed by atoms with Crippen LogP contribution in [0.1, 0.15) is 43.2 Å². The highest BCUT2D eigenvalue weighted by Gasteiger charge is 2.30. The van der Waals surface area contributed by atoms with Gasteiger partial charge in [0.1, 0.15) is 0 Å². The van der Waals surface area contributed by atoms with Crippen LogP contribution < -0.4 is 5.32 Å². The van der Waals surface area contributed by atoms with Gasteiger partial charge in [-0.2, -0.15) is 0 Å². The van der Waals surface area contributed by atoms with Gasteiger partial charge in [-0.25, -0.2) is 0 Å². The average molecular weight is 378 g/mol. The van der Waals surface area contributed by atoms with Gasteiger partial charge in [0.2, 0.25) is 5.91 Å². The smallest absolute Gasteiger partial charge is 0.241 e. The second kappa shape index (κ2) is 9.35. The van der Waals surface area contributed by atoms with E-state index in [1.54, 1.807) is 0 Å². The van der Waals surface area contributed by atoms with Crippen molar-refractivity contribution in [3.05, 3.63) is 65.7 Å². The molecule has 1 unspecified atom stereocenters. The number of rotatable bonds is 6. The summed E-state index contributed by atoms with van der Waals surface area (Å²) in [6.07, 6.45) is 5.98. The van der Waals surface area contributed by atoms with Crippen molar-refractivity contribution in [2.24, 2.45) is 0 Å². The van der Waals surface area contributed by atoms with Gasteiger partial charge in [-0.05, 0) is 68.6 Å². The maximum Gasteiger partial charge on any atom is 0.241 e. The quantitative estimate of drug-likeness (QED) is 0.816. The molecule has 0 radical (unpaired) electrons. The molecule has 1 N–H and O–H groups in total. The first kappa shape index (κ1) is 19.2. The number of hydrogen-bond acceptors (Lipinski definition) is 3. The Morgan fingerprint density at radius 3 is 2.46 bits per heavy atom. The molecule has 28 heavy (non-hydrogen) atoms. The van der Waals surface area contributed by atoms with E-state index < -0.39 is 0 Å². The number of nitrogens with zero attached hydrogens (tertiary/aromatic N) is 2. The Kier molecular flexibility index (Phi) is 6.40. The van der Waals surface area contributed by atoms with Crippen LogP contribution in [0.15, 0.2) is 54.6 Å². The number of carbonyl (C=O) groups is 1. The molecule has 0 bridgehead atoms. The summed E-state index contributed by atoms with van der Waals surface area (Å²) in [5.41, 5.74) is 3.48. The number of hydrogen-bond donors (Lipinski definition) is 1. The fourth-order valence-electron chi connectivity index (χ4n) is 4.48. The number of carbonyl (C=O) groups excluding carboxylic acids is 1. The number of benzene rings is 2. The third-order valence-corrected chi connectivity index (χ3v) is 5.94. The number of anilines is 1. The van der Waals surface area contributed by atoms with E-state index in [4.69, 9.17) is 0 Å². The first-order valence-electron chi connectivity index (χ1n) is 10.7. The van der Waals surface area contributed by atoms with E-state index in [1.807, 2.05) is 12.1 Å². The summed E-state index contributed by atoms with van der Waals surface area (Å²) in [6.45, 7) is 5.18. The standard InChI is InChI=1S/C24H31N3O/c28-24(23-13-8-16-27(23)19-20-9-3-1-4-10-20)25-22-12-7-11-21(17-22)18-26-14-5-2-6-15-26/h1,3-4,7,9-12,17,23H,2,5-6,8,13-16,18-19H2,(H,25,28). The fourth-order valence-corrected chi connectivity index (χ4v) is 4.48. The minimum absolute atomic E-state index is 0.0362. The van der Waals surface area contributed by atoms with Crippen LogP contribution in [-0.4, -0.2) is 41.4 Å².